The number of carbonyl (C=O) groups is 2. The Labute approximate surface area is 147 Å². The summed E-state index contributed by atoms with van der Waals surface area (Å²) in [5.74, 6) is 1.69. The predicted molar refractivity (Wildman–Crippen MR) is 95.3 cm³/mol. The van der Waals surface area contributed by atoms with E-state index in [-0.39, 0.29) is 23.3 Å². The Morgan fingerprint density at radius 1 is 1.25 bits per heavy atom. The molecule has 1 aromatic carbocycles. The molecule has 1 aliphatic carbocycles. The van der Waals surface area contributed by atoms with E-state index >= 15 is 0 Å². The summed E-state index contributed by atoms with van der Waals surface area (Å²) >= 11 is 1.33. The van der Waals surface area contributed by atoms with E-state index in [0.29, 0.717) is 13.0 Å². The molecular weight excluding hydrogens is 324 g/mol. The first kappa shape index (κ1) is 17.1. The number of hydrogen-bond acceptors (Lipinski definition) is 4. The van der Waals surface area contributed by atoms with Crippen molar-refractivity contribution in [3.63, 3.8) is 0 Å². The molecule has 0 unspecified atom stereocenters. The average molecular weight is 348 g/mol. The highest BCUT2D eigenvalue weighted by atomic mass is 32.2. The van der Waals surface area contributed by atoms with Crippen molar-refractivity contribution in [2.75, 3.05) is 18.8 Å². The van der Waals surface area contributed by atoms with Crippen molar-refractivity contribution in [3.05, 3.63) is 30.3 Å². The summed E-state index contributed by atoms with van der Waals surface area (Å²) in [5.41, 5.74) is 0. The molecule has 2 fully saturated rings. The van der Waals surface area contributed by atoms with Crippen LogP contribution in [0.1, 0.15) is 32.1 Å². The first-order valence-corrected chi connectivity index (χ1v) is 9.64. The molecule has 1 saturated carbocycles. The van der Waals surface area contributed by atoms with Crippen LogP contribution in [-0.2, 0) is 4.79 Å². The van der Waals surface area contributed by atoms with Crippen LogP contribution < -0.4 is 10.1 Å². The zero-order valence-electron chi connectivity index (χ0n) is 13.8. The number of benzene rings is 1. The van der Waals surface area contributed by atoms with Crippen LogP contribution in [0.4, 0.5) is 4.79 Å². The molecule has 1 N–H and O–H groups in total. The summed E-state index contributed by atoms with van der Waals surface area (Å²) < 4.78 is 6.08. The molecule has 0 spiro atoms. The number of rotatable bonds is 6. The quantitative estimate of drug-likeness (QED) is 0.858. The zero-order valence-corrected chi connectivity index (χ0v) is 14.6. The molecule has 2 aliphatic rings. The summed E-state index contributed by atoms with van der Waals surface area (Å²) in [7, 11) is 0. The fourth-order valence-corrected chi connectivity index (χ4v) is 4.07. The van der Waals surface area contributed by atoms with Gasteiger partial charge in [0.2, 0.25) is 5.91 Å². The van der Waals surface area contributed by atoms with Crippen molar-refractivity contribution >= 4 is 22.9 Å². The lowest BCUT2D eigenvalue weighted by atomic mass is 9.92. The van der Waals surface area contributed by atoms with Crippen LogP contribution >= 0.6 is 11.8 Å². The molecule has 1 aromatic rings. The molecule has 2 amide bonds. The topological polar surface area (TPSA) is 58.6 Å². The lowest BCUT2D eigenvalue weighted by Crippen LogP contribution is -2.48. The molecule has 5 nitrogen and oxygen atoms in total. The van der Waals surface area contributed by atoms with Crippen molar-refractivity contribution in [1.29, 1.82) is 0 Å². The van der Waals surface area contributed by atoms with Crippen molar-refractivity contribution in [2.24, 2.45) is 0 Å². The van der Waals surface area contributed by atoms with Crippen LogP contribution in [0.2, 0.25) is 0 Å². The van der Waals surface area contributed by atoms with Gasteiger partial charge in [-0.15, -0.1) is 0 Å². The number of thioether (sulfide) groups is 1. The molecule has 0 aromatic heterocycles. The second kappa shape index (κ2) is 8.42. The lowest BCUT2D eigenvalue weighted by molar-refractivity contribution is -0.123. The zero-order chi connectivity index (χ0) is 16.8. The summed E-state index contributed by atoms with van der Waals surface area (Å²) in [6.07, 6.45) is 4.53. The highest BCUT2D eigenvalue weighted by Crippen LogP contribution is 2.24. The molecule has 3 rings (SSSR count). The fraction of sp³-hybridized carbons (Fsp3) is 0.556. The van der Waals surface area contributed by atoms with Gasteiger partial charge in [0.05, 0.1) is 6.04 Å². The molecule has 1 saturated heterocycles. The number of nitrogens with one attached hydrogen (secondary N) is 1. The van der Waals surface area contributed by atoms with Gasteiger partial charge in [-0.25, -0.2) is 0 Å². The third kappa shape index (κ3) is 4.66. The molecule has 1 aliphatic heterocycles. The van der Waals surface area contributed by atoms with Crippen molar-refractivity contribution in [2.45, 2.75) is 44.2 Å². The first-order valence-electron chi connectivity index (χ1n) is 8.65. The Hall–Kier alpha value is -1.69. The Morgan fingerprint density at radius 3 is 2.79 bits per heavy atom. The van der Waals surface area contributed by atoms with Crippen LogP contribution in [0.5, 0.6) is 5.75 Å². The normalized spacial score (nSPS) is 24.0. The summed E-state index contributed by atoms with van der Waals surface area (Å²) in [4.78, 5) is 25.6. The van der Waals surface area contributed by atoms with Crippen molar-refractivity contribution in [1.82, 2.24) is 10.2 Å². The third-order valence-corrected chi connectivity index (χ3v) is 5.43. The van der Waals surface area contributed by atoms with Gasteiger partial charge in [0, 0.05) is 25.3 Å². The van der Waals surface area contributed by atoms with Gasteiger partial charge in [-0.2, -0.15) is 0 Å². The van der Waals surface area contributed by atoms with Gasteiger partial charge in [-0.05, 0) is 31.4 Å². The van der Waals surface area contributed by atoms with Crippen LogP contribution in [0, 0.1) is 0 Å². The molecule has 6 heteroatoms. The Kier molecular flexibility index (Phi) is 6.01. The van der Waals surface area contributed by atoms with Crippen molar-refractivity contribution in [3.8, 4) is 5.75 Å². The van der Waals surface area contributed by atoms with Crippen LogP contribution in [0.25, 0.3) is 0 Å². The highest BCUT2D eigenvalue weighted by Gasteiger charge is 2.28. The number of carbonyl (C=O) groups excluding carboxylic acids is 2. The van der Waals surface area contributed by atoms with E-state index in [1.807, 2.05) is 30.3 Å². The SMILES string of the molecule is O=C(CCN1CCSC1=O)N[C@@H]1CCCC[C@@H]1Oc1ccccc1. The average Bonchev–Trinajstić information content (AvgIpc) is 3.01. The molecule has 24 heavy (non-hydrogen) atoms. The van der Waals surface area contributed by atoms with Gasteiger partial charge in [-0.3, -0.25) is 9.59 Å². The minimum Gasteiger partial charge on any atom is -0.488 e. The lowest BCUT2D eigenvalue weighted by Gasteiger charge is -2.32. The molecular formula is C18H24N2O3S. The van der Waals surface area contributed by atoms with Gasteiger partial charge in [0.25, 0.3) is 5.24 Å². The maximum absolute atomic E-state index is 12.3. The monoisotopic (exact) mass is 348 g/mol. The smallest absolute Gasteiger partial charge is 0.281 e. The van der Waals surface area contributed by atoms with E-state index in [1.165, 1.54) is 11.8 Å². The van der Waals surface area contributed by atoms with E-state index < -0.39 is 0 Å². The molecule has 2 atom stereocenters. The molecule has 130 valence electrons. The standard InChI is InChI=1S/C18H24N2O3S/c21-17(10-11-20-12-13-24-18(20)22)19-15-8-4-5-9-16(15)23-14-6-2-1-3-7-14/h1-3,6-7,15-16H,4-5,8-13H2,(H,19,21)/t15-,16+/m1/s1. The first-order chi connectivity index (χ1) is 11.7. The third-order valence-electron chi connectivity index (χ3n) is 4.53. The van der Waals surface area contributed by atoms with Crippen molar-refractivity contribution < 1.29 is 14.3 Å². The van der Waals surface area contributed by atoms with E-state index in [9.17, 15) is 9.59 Å². The molecule has 0 radical (unpaired) electrons. The van der Waals surface area contributed by atoms with Crippen LogP contribution in [0.3, 0.4) is 0 Å². The highest BCUT2D eigenvalue weighted by molar-refractivity contribution is 8.13. The van der Waals surface area contributed by atoms with Gasteiger partial charge in [0.1, 0.15) is 11.9 Å². The maximum atomic E-state index is 12.3. The van der Waals surface area contributed by atoms with E-state index in [2.05, 4.69) is 5.32 Å². The van der Waals surface area contributed by atoms with Gasteiger partial charge >= 0.3 is 0 Å². The Bertz CT molecular complexity index is 567. The Balaban J connectivity index is 1.49. The molecule has 0 bridgehead atoms. The minimum atomic E-state index is 0.00765. The van der Waals surface area contributed by atoms with Crippen LogP contribution in [0.15, 0.2) is 30.3 Å². The second-order valence-corrected chi connectivity index (χ2v) is 7.33. The second-order valence-electron chi connectivity index (χ2n) is 6.28. The van der Waals surface area contributed by atoms with Gasteiger partial charge < -0.3 is 15.0 Å². The predicted octanol–water partition coefficient (Wildman–Crippen LogP) is 3.05. The van der Waals surface area contributed by atoms with Gasteiger partial charge in [0.15, 0.2) is 0 Å². The fourth-order valence-electron chi connectivity index (χ4n) is 3.22. The maximum Gasteiger partial charge on any atom is 0.281 e. The molecule has 1 heterocycles. The van der Waals surface area contributed by atoms with E-state index in [0.717, 1.165) is 43.7 Å². The number of ether oxygens (including phenoxy) is 1. The van der Waals surface area contributed by atoms with Gasteiger partial charge in [-0.1, -0.05) is 36.4 Å². The summed E-state index contributed by atoms with van der Waals surface area (Å²) in [5, 5.41) is 3.21. The minimum absolute atomic E-state index is 0.00765. The van der Waals surface area contributed by atoms with E-state index in [4.69, 9.17) is 4.74 Å². The van der Waals surface area contributed by atoms with E-state index in [1.54, 1.807) is 4.90 Å². The summed E-state index contributed by atoms with van der Waals surface area (Å²) in [6.45, 7) is 1.26. The number of para-hydroxylation sites is 1. The number of amides is 2. The Morgan fingerprint density at radius 2 is 2.04 bits per heavy atom. The summed E-state index contributed by atoms with van der Waals surface area (Å²) in [6, 6.07) is 9.82. The van der Waals surface area contributed by atoms with Crippen LogP contribution in [-0.4, -0.2) is 47.0 Å². The largest absolute Gasteiger partial charge is 0.488 e. The number of hydrogen-bond donors (Lipinski definition) is 1. The number of nitrogens with zero attached hydrogens (tertiary/aromatic N) is 1.